The molecule has 0 aliphatic carbocycles. The van der Waals surface area contributed by atoms with Crippen molar-refractivity contribution in [3.05, 3.63) is 75.0 Å². The number of aliphatic hydroxyl groups excluding tert-OH is 1. The Morgan fingerprint density at radius 1 is 1.21 bits per heavy atom. The Balaban J connectivity index is 1.81. The second-order valence-corrected chi connectivity index (χ2v) is 6.51. The Morgan fingerprint density at radius 2 is 1.93 bits per heavy atom. The minimum atomic E-state index is -0.440. The van der Waals surface area contributed by atoms with Gasteiger partial charge in [-0.25, -0.2) is 0 Å². The van der Waals surface area contributed by atoms with Gasteiger partial charge < -0.3 is 14.6 Å². The number of aliphatic hydroxyl groups is 1. The van der Waals surface area contributed by atoms with Crippen molar-refractivity contribution in [2.45, 2.75) is 19.8 Å². The van der Waals surface area contributed by atoms with E-state index in [1.165, 1.54) is 12.1 Å². The molecule has 0 amide bonds. The number of non-ortho nitro benzene ring substituents is 1. The zero-order valence-corrected chi connectivity index (χ0v) is 15.1. The molecule has 2 aromatic carbocycles. The van der Waals surface area contributed by atoms with Gasteiger partial charge in [0.25, 0.3) is 5.69 Å². The largest absolute Gasteiger partial charge is 0.513 e. The Kier molecular flexibility index (Phi) is 4.52. The molecule has 4 rings (SSSR count). The van der Waals surface area contributed by atoms with E-state index >= 15 is 0 Å². The van der Waals surface area contributed by atoms with Crippen molar-refractivity contribution < 1.29 is 19.5 Å². The van der Waals surface area contributed by atoms with Crippen LogP contribution in [0.5, 0.6) is 11.5 Å². The van der Waals surface area contributed by atoms with Gasteiger partial charge in [0.1, 0.15) is 5.71 Å². The van der Waals surface area contributed by atoms with Crippen LogP contribution in [0.1, 0.15) is 30.0 Å². The first-order valence-electron chi connectivity index (χ1n) is 8.68. The molecule has 2 aliphatic heterocycles. The van der Waals surface area contributed by atoms with E-state index < -0.39 is 4.92 Å². The van der Waals surface area contributed by atoms with Gasteiger partial charge in [0.15, 0.2) is 11.5 Å². The highest BCUT2D eigenvalue weighted by atomic mass is 16.7. The summed E-state index contributed by atoms with van der Waals surface area (Å²) in [6.45, 7) is 1.77. The van der Waals surface area contributed by atoms with Crippen LogP contribution in [-0.2, 0) is 6.42 Å². The summed E-state index contributed by atoms with van der Waals surface area (Å²) in [5.74, 6) is 1.51. The Bertz CT molecular complexity index is 1030. The first kappa shape index (κ1) is 17.7. The third-order valence-corrected chi connectivity index (χ3v) is 4.52. The molecular weight excluding hydrogens is 362 g/mol. The quantitative estimate of drug-likeness (QED) is 0.492. The second-order valence-electron chi connectivity index (χ2n) is 6.51. The molecule has 142 valence electrons. The first-order valence-corrected chi connectivity index (χ1v) is 8.68. The van der Waals surface area contributed by atoms with Gasteiger partial charge in [-0.2, -0.15) is 5.10 Å². The molecule has 8 heteroatoms. The van der Waals surface area contributed by atoms with Crippen LogP contribution in [0.15, 0.2) is 58.4 Å². The Morgan fingerprint density at radius 3 is 2.61 bits per heavy atom. The van der Waals surface area contributed by atoms with Gasteiger partial charge in [0.2, 0.25) is 6.79 Å². The lowest BCUT2D eigenvalue weighted by atomic mass is 9.93. The highest BCUT2D eigenvalue weighted by molar-refractivity contribution is 6.15. The zero-order chi connectivity index (χ0) is 19.7. The van der Waals surface area contributed by atoms with Gasteiger partial charge in [-0.3, -0.25) is 10.1 Å². The molecule has 0 atom stereocenters. The molecule has 8 nitrogen and oxygen atoms in total. The maximum Gasteiger partial charge on any atom is 0.269 e. The summed E-state index contributed by atoms with van der Waals surface area (Å²) in [5, 5.41) is 29.2. The summed E-state index contributed by atoms with van der Waals surface area (Å²) in [4.78, 5) is 10.5. The average molecular weight is 379 g/mol. The van der Waals surface area contributed by atoms with Gasteiger partial charge in [0.05, 0.1) is 10.7 Å². The fourth-order valence-electron chi connectivity index (χ4n) is 3.11. The molecule has 0 spiro atoms. The SMILES string of the molecule is C/C(O)=C/CC1=NN=C(c2ccc([N+](=O)[O-])cc2)c2cc3c(cc2C1)OCO3. The molecule has 0 unspecified atom stereocenters. The molecule has 2 aliphatic rings. The molecule has 28 heavy (non-hydrogen) atoms. The molecule has 0 fully saturated rings. The van der Waals surface area contributed by atoms with Crippen molar-refractivity contribution in [2.75, 3.05) is 6.79 Å². The molecule has 0 bridgehead atoms. The number of nitro groups is 1. The summed E-state index contributed by atoms with van der Waals surface area (Å²) < 4.78 is 11.0. The first-order chi connectivity index (χ1) is 13.5. The van der Waals surface area contributed by atoms with Crippen molar-refractivity contribution >= 4 is 17.1 Å². The number of fused-ring (bicyclic) bond motifs is 2. The van der Waals surface area contributed by atoms with Gasteiger partial charge >= 0.3 is 0 Å². The van der Waals surface area contributed by atoms with Crippen LogP contribution in [0.2, 0.25) is 0 Å². The number of nitro benzene ring substituents is 1. The molecule has 0 saturated heterocycles. The van der Waals surface area contributed by atoms with Crippen LogP contribution in [0.4, 0.5) is 5.69 Å². The van der Waals surface area contributed by atoms with E-state index in [0.717, 1.165) is 16.8 Å². The lowest BCUT2D eigenvalue weighted by Gasteiger charge is -2.11. The molecule has 0 radical (unpaired) electrons. The van der Waals surface area contributed by atoms with Gasteiger partial charge in [-0.15, -0.1) is 5.10 Å². The predicted molar refractivity (Wildman–Crippen MR) is 103 cm³/mol. The molecule has 2 heterocycles. The fraction of sp³-hybridized carbons (Fsp3) is 0.200. The van der Waals surface area contributed by atoms with E-state index in [0.29, 0.717) is 35.6 Å². The Hall–Kier alpha value is -3.68. The molecule has 0 saturated carbocycles. The highest BCUT2D eigenvalue weighted by Crippen LogP contribution is 2.37. The summed E-state index contributed by atoms with van der Waals surface area (Å²) in [6.07, 6.45) is 2.68. The summed E-state index contributed by atoms with van der Waals surface area (Å²) in [7, 11) is 0. The average Bonchev–Trinajstić information content (AvgIpc) is 3.05. The minimum Gasteiger partial charge on any atom is -0.513 e. The van der Waals surface area contributed by atoms with E-state index in [-0.39, 0.29) is 18.2 Å². The molecular formula is C20H17N3O5. The minimum absolute atomic E-state index is 0.0108. The Labute approximate surface area is 160 Å². The number of ether oxygens (including phenoxy) is 2. The predicted octanol–water partition coefficient (Wildman–Crippen LogP) is 3.92. The van der Waals surface area contributed by atoms with Crippen molar-refractivity contribution in [1.29, 1.82) is 0 Å². The van der Waals surface area contributed by atoms with Crippen molar-refractivity contribution in [3.8, 4) is 11.5 Å². The number of rotatable bonds is 4. The third kappa shape index (κ3) is 3.44. The standard InChI is InChI=1S/C20H17N3O5/c1-12(24)2-5-15-8-14-9-18-19(28-11-27-18)10-17(14)20(22-21-15)13-3-6-16(7-4-13)23(25)26/h2-4,6-7,9-10,24H,5,8,11H2,1H3/b12-2-. The van der Waals surface area contributed by atoms with Crippen LogP contribution in [-0.4, -0.2) is 28.2 Å². The lowest BCUT2D eigenvalue weighted by Crippen LogP contribution is -2.07. The summed E-state index contributed by atoms with van der Waals surface area (Å²) in [5.41, 5.74) is 3.90. The maximum atomic E-state index is 10.9. The second kappa shape index (κ2) is 7.15. The molecule has 2 aromatic rings. The number of hydrogen-bond donors (Lipinski definition) is 1. The van der Waals surface area contributed by atoms with Gasteiger partial charge in [0, 0.05) is 41.8 Å². The van der Waals surface area contributed by atoms with Gasteiger partial charge in [-0.1, -0.05) is 0 Å². The van der Waals surface area contributed by atoms with Crippen molar-refractivity contribution in [2.24, 2.45) is 10.2 Å². The van der Waals surface area contributed by atoms with E-state index in [9.17, 15) is 15.2 Å². The molecule has 1 N–H and O–H groups in total. The summed E-state index contributed by atoms with van der Waals surface area (Å²) >= 11 is 0. The normalized spacial score (nSPS) is 15.4. The van der Waals surface area contributed by atoms with E-state index in [1.807, 2.05) is 12.1 Å². The van der Waals surface area contributed by atoms with E-state index in [2.05, 4.69) is 10.2 Å². The lowest BCUT2D eigenvalue weighted by molar-refractivity contribution is -0.384. The fourth-order valence-corrected chi connectivity index (χ4v) is 3.11. The van der Waals surface area contributed by atoms with E-state index in [1.54, 1.807) is 25.1 Å². The maximum absolute atomic E-state index is 10.9. The van der Waals surface area contributed by atoms with E-state index in [4.69, 9.17) is 9.47 Å². The van der Waals surface area contributed by atoms with Gasteiger partial charge in [-0.05, 0) is 42.8 Å². The zero-order valence-electron chi connectivity index (χ0n) is 15.1. The summed E-state index contributed by atoms with van der Waals surface area (Å²) in [6, 6.07) is 9.97. The molecule has 0 aromatic heterocycles. The number of hydrogen-bond acceptors (Lipinski definition) is 7. The smallest absolute Gasteiger partial charge is 0.269 e. The van der Waals surface area contributed by atoms with Crippen LogP contribution < -0.4 is 9.47 Å². The van der Waals surface area contributed by atoms with Crippen LogP contribution in [0, 0.1) is 10.1 Å². The van der Waals surface area contributed by atoms with Crippen molar-refractivity contribution in [1.82, 2.24) is 0 Å². The van der Waals surface area contributed by atoms with Crippen LogP contribution in [0.3, 0.4) is 0 Å². The van der Waals surface area contributed by atoms with Crippen LogP contribution >= 0.6 is 0 Å². The number of allylic oxidation sites excluding steroid dienone is 2. The topological polar surface area (TPSA) is 107 Å². The van der Waals surface area contributed by atoms with Crippen LogP contribution in [0.25, 0.3) is 0 Å². The monoisotopic (exact) mass is 379 g/mol. The van der Waals surface area contributed by atoms with Crippen molar-refractivity contribution in [3.63, 3.8) is 0 Å². The third-order valence-electron chi connectivity index (χ3n) is 4.52. The highest BCUT2D eigenvalue weighted by Gasteiger charge is 2.23. The number of benzene rings is 2. The number of nitrogens with zero attached hydrogens (tertiary/aromatic N) is 3.